The van der Waals surface area contributed by atoms with E-state index in [9.17, 15) is 14.4 Å². The van der Waals surface area contributed by atoms with Crippen LogP contribution in [-0.2, 0) is 4.79 Å². The number of hydrogen-bond acceptors (Lipinski definition) is 3. The third-order valence-corrected chi connectivity index (χ3v) is 3.94. The number of rotatable bonds is 5. The summed E-state index contributed by atoms with van der Waals surface area (Å²) < 4.78 is 0. The summed E-state index contributed by atoms with van der Waals surface area (Å²) in [5.74, 6) is -1.39. The Labute approximate surface area is 123 Å². The van der Waals surface area contributed by atoms with Gasteiger partial charge >= 0.3 is 5.97 Å². The lowest BCUT2D eigenvalue weighted by molar-refractivity contribution is -0.137. The predicted molar refractivity (Wildman–Crippen MR) is 77.4 cm³/mol. The van der Waals surface area contributed by atoms with Crippen LogP contribution in [0.4, 0.5) is 0 Å². The Hall–Kier alpha value is -2.17. The summed E-state index contributed by atoms with van der Waals surface area (Å²) in [6.07, 6.45) is 0.989. The van der Waals surface area contributed by atoms with Gasteiger partial charge in [-0.05, 0) is 44.7 Å². The second-order valence-electron chi connectivity index (χ2n) is 5.56. The van der Waals surface area contributed by atoms with Crippen LogP contribution in [0.5, 0.6) is 0 Å². The van der Waals surface area contributed by atoms with Gasteiger partial charge in [0.05, 0.1) is 11.1 Å². The molecule has 5 heteroatoms. The van der Waals surface area contributed by atoms with Crippen LogP contribution in [0, 0.1) is 13.8 Å². The molecule has 5 nitrogen and oxygen atoms in total. The van der Waals surface area contributed by atoms with Gasteiger partial charge in [0.25, 0.3) is 11.8 Å². The molecule has 0 saturated heterocycles. The molecule has 1 aliphatic heterocycles. The van der Waals surface area contributed by atoms with E-state index in [1.54, 1.807) is 6.92 Å². The van der Waals surface area contributed by atoms with Gasteiger partial charge in [-0.15, -0.1) is 0 Å². The molecule has 1 aromatic rings. The first-order valence-corrected chi connectivity index (χ1v) is 7.04. The molecule has 1 aliphatic rings. The number of carboxylic acid groups (broad SMARTS) is 1. The summed E-state index contributed by atoms with van der Waals surface area (Å²) in [6, 6.07) is 3.39. The SMILES string of the molecule is Cc1ccc(C)c2c1C(=O)N(C(C)CCCC(=O)O)C2=O. The number of benzene rings is 1. The Balaban J connectivity index is 2.23. The molecule has 21 heavy (non-hydrogen) atoms. The summed E-state index contributed by atoms with van der Waals surface area (Å²) in [6.45, 7) is 5.43. The van der Waals surface area contributed by atoms with Crippen LogP contribution < -0.4 is 0 Å². The van der Waals surface area contributed by atoms with Gasteiger partial charge in [0, 0.05) is 12.5 Å². The van der Waals surface area contributed by atoms with Crippen molar-refractivity contribution in [2.75, 3.05) is 0 Å². The predicted octanol–water partition coefficient (Wildman–Crippen LogP) is 2.54. The molecule has 0 saturated carbocycles. The van der Waals surface area contributed by atoms with E-state index in [0.29, 0.717) is 24.0 Å². The number of amides is 2. The molecule has 0 spiro atoms. The topological polar surface area (TPSA) is 74.7 Å². The monoisotopic (exact) mass is 289 g/mol. The fourth-order valence-corrected chi connectivity index (χ4v) is 2.77. The number of aliphatic carboxylic acids is 1. The first-order valence-electron chi connectivity index (χ1n) is 7.04. The van der Waals surface area contributed by atoms with E-state index in [0.717, 1.165) is 11.1 Å². The molecule has 0 bridgehead atoms. The highest BCUT2D eigenvalue weighted by Gasteiger charge is 2.40. The van der Waals surface area contributed by atoms with Crippen LogP contribution >= 0.6 is 0 Å². The van der Waals surface area contributed by atoms with Crippen molar-refractivity contribution < 1.29 is 19.5 Å². The molecule has 1 N–H and O–H groups in total. The quantitative estimate of drug-likeness (QED) is 0.845. The van der Waals surface area contributed by atoms with E-state index in [-0.39, 0.29) is 24.3 Å². The third-order valence-electron chi connectivity index (χ3n) is 3.94. The van der Waals surface area contributed by atoms with Gasteiger partial charge in [0.1, 0.15) is 0 Å². The molecule has 1 aromatic carbocycles. The van der Waals surface area contributed by atoms with Crippen molar-refractivity contribution in [3.63, 3.8) is 0 Å². The molecule has 1 unspecified atom stereocenters. The van der Waals surface area contributed by atoms with Gasteiger partial charge in [0.2, 0.25) is 0 Å². The number of carbonyl (C=O) groups excluding carboxylic acids is 2. The van der Waals surface area contributed by atoms with Crippen molar-refractivity contribution in [2.24, 2.45) is 0 Å². The largest absolute Gasteiger partial charge is 0.481 e. The Bertz CT molecular complexity index is 580. The average molecular weight is 289 g/mol. The van der Waals surface area contributed by atoms with Crippen molar-refractivity contribution in [1.29, 1.82) is 0 Å². The van der Waals surface area contributed by atoms with Crippen LogP contribution in [0.3, 0.4) is 0 Å². The smallest absolute Gasteiger partial charge is 0.303 e. The fraction of sp³-hybridized carbons (Fsp3) is 0.438. The highest BCUT2D eigenvalue weighted by Crippen LogP contribution is 2.30. The Morgan fingerprint density at radius 1 is 1.14 bits per heavy atom. The lowest BCUT2D eigenvalue weighted by Gasteiger charge is -2.22. The third kappa shape index (κ3) is 2.68. The Morgan fingerprint density at radius 2 is 1.62 bits per heavy atom. The minimum atomic E-state index is -0.865. The number of carbonyl (C=O) groups is 3. The molecule has 0 aliphatic carbocycles. The molecule has 0 fully saturated rings. The van der Waals surface area contributed by atoms with Gasteiger partial charge < -0.3 is 5.11 Å². The Kier molecular flexibility index (Phi) is 4.11. The summed E-state index contributed by atoms with van der Waals surface area (Å²) in [7, 11) is 0. The summed E-state index contributed by atoms with van der Waals surface area (Å²) in [5, 5.41) is 8.66. The normalized spacial score (nSPS) is 15.3. The highest BCUT2D eigenvalue weighted by molar-refractivity contribution is 6.22. The standard InChI is InChI=1S/C16H19NO4/c1-9-7-8-10(2)14-13(9)15(20)17(16(14)21)11(3)5-4-6-12(18)19/h7-8,11H,4-6H2,1-3H3,(H,18,19). The number of hydrogen-bond donors (Lipinski definition) is 1. The molecule has 2 rings (SSSR count). The van der Waals surface area contributed by atoms with Crippen LogP contribution in [-0.4, -0.2) is 33.8 Å². The minimum Gasteiger partial charge on any atom is -0.481 e. The molecule has 2 amide bonds. The van der Waals surface area contributed by atoms with Crippen LogP contribution in [0.15, 0.2) is 12.1 Å². The maximum absolute atomic E-state index is 12.5. The maximum Gasteiger partial charge on any atom is 0.303 e. The maximum atomic E-state index is 12.5. The molecule has 112 valence electrons. The van der Waals surface area contributed by atoms with E-state index < -0.39 is 5.97 Å². The molecule has 1 heterocycles. The van der Waals surface area contributed by atoms with E-state index in [2.05, 4.69) is 0 Å². The van der Waals surface area contributed by atoms with Gasteiger partial charge in [-0.3, -0.25) is 19.3 Å². The summed E-state index contributed by atoms with van der Waals surface area (Å²) in [5.41, 5.74) is 2.58. The first-order chi connectivity index (χ1) is 9.84. The lowest BCUT2D eigenvalue weighted by Crippen LogP contribution is -2.38. The van der Waals surface area contributed by atoms with Gasteiger partial charge in [0.15, 0.2) is 0 Å². The van der Waals surface area contributed by atoms with E-state index >= 15 is 0 Å². The van der Waals surface area contributed by atoms with Crippen molar-refractivity contribution in [2.45, 2.75) is 46.1 Å². The van der Waals surface area contributed by atoms with Crippen molar-refractivity contribution in [3.8, 4) is 0 Å². The molecule has 1 atom stereocenters. The van der Waals surface area contributed by atoms with Gasteiger partial charge in [-0.25, -0.2) is 0 Å². The molecule has 0 aromatic heterocycles. The van der Waals surface area contributed by atoms with Crippen LogP contribution in [0.25, 0.3) is 0 Å². The second kappa shape index (κ2) is 5.68. The molecular formula is C16H19NO4. The van der Waals surface area contributed by atoms with Crippen LogP contribution in [0.1, 0.15) is 58.0 Å². The second-order valence-corrected chi connectivity index (χ2v) is 5.56. The number of aryl methyl sites for hydroxylation is 2. The highest BCUT2D eigenvalue weighted by atomic mass is 16.4. The summed E-state index contributed by atoms with van der Waals surface area (Å²) >= 11 is 0. The van der Waals surface area contributed by atoms with Crippen molar-refractivity contribution in [1.82, 2.24) is 4.90 Å². The number of imide groups is 1. The number of carboxylic acids is 1. The minimum absolute atomic E-state index is 0.0472. The van der Waals surface area contributed by atoms with Gasteiger partial charge in [-0.1, -0.05) is 12.1 Å². The zero-order chi connectivity index (χ0) is 15.7. The van der Waals surface area contributed by atoms with Crippen LogP contribution in [0.2, 0.25) is 0 Å². The Morgan fingerprint density at radius 3 is 2.05 bits per heavy atom. The average Bonchev–Trinajstić information content (AvgIpc) is 2.66. The first kappa shape index (κ1) is 15.2. The van der Waals surface area contributed by atoms with Crippen molar-refractivity contribution >= 4 is 17.8 Å². The van der Waals surface area contributed by atoms with E-state index in [1.165, 1.54) is 4.90 Å². The van der Waals surface area contributed by atoms with E-state index in [4.69, 9.17) is 5.11 Å². The molecule has 0 radical (unpaired) electrons. The lowest BCUT2D eigenvalue weighted by atomic mass is 9.99. The number of nitrogens with zero attached hydrogens (tertiary/aromatic N) is 1. The van der Waals surface area contributed by atoms with Crippen molar-refractivity contribution in [3.05, 3.63) is 34.4 Å². The van der Waals surface area contributed by atoms with E-state index in [1.807, 2.05) is 26.0 Å². The zero-order valence-electron chi connectivity index (χ0n) is 12.5. The number of fused-ring (bicyclic) bond motifs is 1. The van der Waals surface area contributed by atoms with Gasteiger partial charge in [-0.2, -0.15) is 0 Å². The summed E-state index contributed by atoms with van der Waals surface area (Å²) in [4.78, 5) is 36.8. The fourth-order valence-electron chi connectivity index (χ4n) is 2.77. The zero-order valence-corrected chi connectivity index (χ0v) is 12.5. The molecular weight excluding hydrogens is 270 g/mol.